The number of pyridine rings is 1. The topological polar surface area (TPSA) is 33.1 Å². The molecule has 0 spiro atoms. The Labute approximate surface area is 117 Å². The van der Waals surface area contributed by atoms with E-state index in [-0.39, 0.29) is 0 Å². The maximum atomic E-state index is 11.4. The third-order valence-corrected chi connectivity index (χ3v) is 4.02. The summed E-state index contributed by atoms with van der Waals surface area (Å²) < 4.78 is 0. The Hall–Kier alpha value is -2.45. The average Bonchev–Trinajstić information content (AvgIpc) is 2.80. The summed E-state index contributed by atoms with van der Waals surface area (Å²) in [6.07, 6.45) is 3.44. The van der Waals surface area contributed by atoms with E-state index in [1.807, 2.05) is 48.5 Å². The van der Waals surface area contributed by atoms with Crippen LogP contribution in [0.5, 0.6) is 0 Å². The van der Waals surface area contributed by atoms with Gasteiger partial charge in [0, 0.05) is 23.5 Å². The summed E-state index contributed by atoms with van der Waals surface area (Å²) in [5, 5.41) is 11.4. The van der Waals surface area contributed by atoms with Crippen molar-refractivity contribution in [2.45, 2.75) is 5.60 Å². The average molecular weight is 259 g/mol. The second-order valence-corrected chi connectivity index (χ2v) is 5.04. The molecule has 2 aromatic carbocycles. The number of hydrogen-bond donors (Lipinski definition) is 1. The smallest absolute Gasteiger partial charge is 0.141 e. The van der Waals surface area contributed by atoms with E-state index in [4.69, 9.17) is 0 Å². The lowest BCUT2D eigenvalue weighted by molar-refractivity contribution is 0.130. The van der Waals surface area contributed by atoms with Crippen molar-refractivity contribution in [1.82, 2.24) is 4.98 Å². The first-order chi connectivity index (χ1) is 9.82. The number of fused-ring (bicyclic) bond motifs is 3. The van der Waals surface area contributed by atoms with Gasteiger partial charge in [0.2, 0.25) is 0 Å². The molecule has 96 valence electrons. The SMILES string of the molecule is OC1(c2ccncc2)c2ccccc2-c2ccccc21. The van der Waals surface area contributed by atoms with Crippen molar-refractivity contribution in [2.75, 3.05) is 0 Å². The third kappa shape index (κ3) is 1.34. The summed E-state index contributed by atoms with van der Waals surface area (Å²) in [6.45, 7) is 0. The summed E-state index contributed by atoms with van der Waals surface area (Å²) in [6, 6.07) is 19.8. The minimum Gasteiger partial charge on any atom is -0.376 e. The Morgan fingerprint density at radius 1 is 0.700 bits per heavy atom. The van der Waals surface area contributed by atoms with Gasteiger partial charge in [-0.1, -0.05) is 48.5 Å². The van der Waals surface area contributed by atoms with Gasteiger partial charge in [-0.2, -0.15) is 0 Å². The van der Waals surface area contributed by atoms with Gasteiger partial charge in [0.05, 0.1) is 0 Å². The number of nitrogens with zero attached hydrogens (tertiary/aromatic N) is 1. The largest absolute Gasteiger partial charge is 0.376 e. The van der Waals surface area contributed by atoms with E-state index in [1.165, 1.54) is 0 Å². The number of aliphatic hydroxyl groups is 1. The summed E-state index contributed by atoms with van der Waals surface area (Å²) in [4.78, 5) is 4.05. The van der Waals surface area contributed by atoms with Gasteiger partial charge in [0.1, 0.15) is 5.60 Å². The molecule has 1 aliphatic rings. The van der Waals surface area contributed by atoms with Crippen LogP contribution in [-0.2, 0) is 5.60 Å². The molecule has 20 heavy (non-hydrogen) atoms. The maximum Gasteiger partial charge on any atom is 0.141 e. The van der Waals surface area contributed by atoms with Crippen LogP contribution >= 0.6 is 0 Å². The molecule has 1 N–H and O–H groups in total. The van der Waals surface area contributed by atoms with Gasteiger partial charge in [-0.25, -0.2) is 0 Å². The van der Waals surface area contributed by atoms with Gasteiger partial charge in [-0.05, 0) is 28.8 Å². The molecule has 4 rings (SSSR count). The lowest BCUT2D eigenvalue weighted by atomic mass is 9.85. The van der Waals surface area contributed by atoms with E-state index in [0.717, 1.165) is 27.8 Å². The van der Waals surface area contributed by atoms with Crippen LogP contribution in [0.1, 0.15) is 16.7 Å². The molecule has 0 saturated heterocycles. The van der Waals surface area contributed by atoms with Gasteiger partial charge >= 0.3 is 0 Å². The molecule has 0 aliphatic heterocycles. The Bertz CT molecular complexity index is 735. The molecule has 0 unspecified atom stereocenters. The van der Waals surface area contributed by atoms with Crippen LogP contribution in [0.15, 0.2) is 73.1 Å². The van der Waals surface area contributed by atoms with Crippen molar-refractivity contribution < 1.29 is 5.11 Å². The maximum absolute atomic E-state index is 11.4. The third-order valence-electron chi connectivity index (χ3n) is 4.02. The molecule has 1 heterocycles. The van der Waals surface area contributed by atoms with Crippen LogP contribution in [0.3, 0.4) is 0 Å². The molecule has 0 atom stereocenters. The van der Waals surface area contributed by atoms with E-state index in [0.29, 0.717) is 0 Å². The number of rotatable bonds is 1. The summed E-state index contributed by atoms with van der Waals surface area (Å²) >= 11 is 0. The molecule has 0 saturated carbocycles. The quantitative estimate of drug-likeness (QED) is 0.727. The highest BCUT2D eigenvalue weighted by Crippen LogP contribution is 2.50. The van der Waals surface area contributed by atoms with Gasteiger partial charge < -0.3 is 5.11 Å². The lowest BCUT2D eigenvalue weighted by Gasteiger charge is -2.26. The van der Waals surface area contributed by atoms with Gasteiger partial charge in [-0.15, -0.1) is 0 Å². The first kappa shape index (κ1) is 11.4. The normalized spacial score (nSPS) is 14.7. The summed E-state index contributed by atoms with van der Waals surface area (Å²) in [5.41, 5.74) is 3.84. The Balaban J connectivity index is 2.10. The molecular formula is C18H13NO. The molecule has 2 nitrogen and oxygen atoms in total. The van der Waals surface area contributed by atoms with Gasteiger partial charge in [0.15, 0.2) is 0 Å². The van der Waals surface area contributed by atoms with E-state index >= 15 is 0 Å². The minimum absolute atomic E-state index is 0.852. The number of aromatic nitrogens is 1. The highest BCUT2D eigenvalue weighted by atomic mass is 16.3. The first-order valence-electron chi connectivity index (χ1n) is 6.64. The Morgan fingerprint density at radius 3 is 1.75 bits per heavy atom. The van der Waals surface area contributed by atoms with Gasteiger partial charge in [-0.3, -0.25) is 4.98 Å². The second-order valence-electron chi connectivity index (χ2n) is 5.04. The van der Waals surface area contributed by atoms with Crippen LogP contribution in [0, 0.1) is 0 Å². The minimum atomic E-state index is -1.09. The standard InChI is InChI=1S/C18H13NO/c20-18(13-9-11-19-12-10-13)16-7-3-1-5-14(16)15-6-2-4-8-17(15)18/h1-12,20H. The van der Waals surface area contributed by atoms with Crippen molar-refractivity contribution in [2.24, 2.45) is 0 Å². The highest BCUT2D eigenvalue weighted by Gasteiger charge is 2.42. The monoisotopic (exact) mass is 259 g/mol. The predicted molar refractivity (Wildman–Crippen MR) is 78.2 cm³/mol. The van der Waals surface area contributed by atoms with Crippen molar-refractivity contribution in [1.29, 1.82) is 0 Å². The number of benzene rings is 2. The fourth-order valence-electron chi connectivity index (χ4n) is 3.12. The van der Waals surface area contributed by atoms with Crippen LogP contribution in [0.2, 0.25) is 0 Å². The van der Waals surface area contributed by atoms with Crippen molar-refractivity contribution in [3.8, 4) is 11.1 Å². The fraction of sp³-hybridized carbons (Fsp3) is 0.0556. The summed E-state index contributed by atoms with van der Waals surface area (Å²) in [7, 11) is 0. The molecule has 0 bridgehead atoms. The predicted octanol–water partition coefficient (Wildman–Crippen LogP) is 3.35. The molecule has 3 aromatic rings. The molecule has 2 heteroatoms. The molecule has 1 aromatic heterocycles. The van der Waals surface area contributed by atoms with E-state index < -0.39 is 5.60 Å². The van der Waals surface area contributed by atoms with Crippen molar-refractivity contribution >= 4 is 0 Å². The van der Waals surface area contributed by atoms with E-state index in [9.17, 15) is 5.11 Å². The van der Waals surface area contributed by atoms with Crippen molar-refractivity contribution in [3.05, 3.63) is 89.7 Å². The lowest BCUT2D eigenvalue weighted by Crippen LogP contribution is -2.26. The molecule has 1 aliphatic carbocycles. The number of hydrogen-bond acceptors (Lipinski definition) is 2. The van der Waals surface area contributed by atoms with Crippen LogP contribution in [-0.4, -0.2) is 10.1 Å². The fourth-order valence-corrected chi connectivity index (χ4v) is 3.12. The zero-order valence-corrected chi connectivity index (χ0v) is 10.8. The second kappa shape index (κ2) is 4.02. The molecule has 0 amide bonds. The van der Waals surface area contributed by atoms with Gasteiger partial charge in [0.25, 0.3) is 0 Å². The molecule has 0 radical (unpaired) electrons. The zero-order chi connectivity index (χ0) is 13.6. The Kier molecular flexibility index (Phi) is 2.29. The highest BCUT2D eigenvalue weighted by molar-refractivity contribution is 5.82. The Morgan fingerprint density at radius 2 is 1.20 bits per heavy atom. The van der Waals surface area contributed by atoms with Crippen LogP contribution in [0.4, 0.5) is 0 Å². The van der Waals surface area contributed by atoms with Crippen molar-refractivity contribution in [3.63, 3.8) is 0 Å². The molecular weight excluding hydrogens is 246 g/mol. The van der Waals surface area contributed by atoms with Crippen LogP contribution < -0.4 is 0 Å². The zero-order valence-electron chi connectivity index (χ0n) is 10.8. The summed E-state index contributed by atoms with van der Waals surface area (Å²) in [5.74, 6) is 0. The van der Waals surface area contributed by atoms with E-state index in [1.54, 1.807) is 12.4 Å². The first-order valence-corrected chi connectivity index (χ1v) is 6.64. The van der Waals surface area contributed by atoms with E-state index in [2.05, 4.69) is 17.1 Å². The molecule has 0 fully saturated rings. The van der Waals surface area contributed by atoms with Crippen LogP contribution in [0.25, 0.3) is 11.1 Å².